The molecule has 1 fully saturated rings. The summed E-state index contributed by atoms with van der Waals surface area (Å²) in [5, 5.41) is 11.3. The molecule has 0 atom stereocenters. The van der Waals surface area contributed by atoms with E-state index in [0.29, 0.717) is 38.3 Å². The van der Waals surface area contributed by atoms with Crippen LogP contribution in [0.5, 0.6) is 5.75 Å². The molecule has 1 heterocycles. The molecule has 3 aromatic carbocycles. The number of nitro benzene ring substituents is 1. The maximum absolute atomic E-state index is 13.4. The van der Waals surface area contributed by atoms with E-state index in [9.17, 15) is 19.3 Å². The number of hydrogen-bond acceptors (Lipinski definition) is 5. The molecule has 1 amide bonds. The Morgan fingerprint density at radius 2 is 1.74 bits per heavy atom. The Hall–Kier alpha value is -3.78. The van der Waals surface area contributed by atoms with Crippen LogP contribution < -0.4 is 4.74 Å². The molecular weight excluding hydrogens is 437 g/mol. The largest absolute Gasteiger partial charge is 0.482 e. The van der Waals surface area contributed by atoms with Crippen molar-refractivity contribution in [1.29, 1.82) is 0 Å². The first-order valence-corrected chi connectivity index (χ1v) is 11.1. The van der Waals surface area contributed by atoms with Gasteiger partial charge in [-0.15, -0.1) is 0 Å². The van der Waals surface area contributed by atoms with Gasteiger partial charge in [-0.1, -0.05) is 30.3 Å². The normalized spacial score (nSPS) is 14.1. The Labute approximate surface area is 197 Å². The standard InChI is InChI=1S/C26H26FN3O4/c1-19-8-9-25(24(14-19)30(32)33)34-18-21-5-2-6-22(15-21)26(31)29-12-10-28(11-13-29)17-20-4-3-7-23(27)16-20/h2-9,14-16H,10-13,17-18H2,1H3. The molecule has 0 aliphatic carbocycles. The van der Waals surface area contributed by atoms with Crippen LogP contribution in [-0.2, 0) is 13.2 Å². The number of nitrogens with zero attached hydrogens (tertiary/aromatic N) is 3. The van der Waals surface area contributed by atoms with E-state index in [2.05, 4.69) is 4.90 Å². The van der Waals surface area contributed by atoms with Crippen molar-refractivity contribution in [2.75, 3.05) is 26.2 Å². The number of ether oxygens (including phenoxy) is 1. The fraction of sp³-hybridized carbons (Fsp3) is 0.269. The van der Waals surface area contributed by atoms with Crippen LogP contribution in [0.1, 0.15) is 27.0 Å². The molecule has 1 saturated heterocycles. The molecule has 4 rings (SSSR count). The van der Waals surface area contributed by atoms with E-state index in [4.69, 9.17) is 4.74 Å². The van der Waals surface area contributed by atoms with Gasteiger partial charge in [0, 0.05) is 44.4 Å². The topological polar surface area (TPSA) is 75.9 Å². The van der Waals surface area contributed by atoms with E-state index >= 15 is 0 Å². The predicted octanol–water partition coefficient (Wildman–Crippen LogP) is 4.58. The van der Waals surface area contributed by atoms with E-state index in [1.165, 1.54) is 18.2 Å². The molecule has 34 heavy (non-hydrogen) atoms. The maximum Gasteiger partial charge on any atom is 0.311 e. The van der Waals surface area contributed by atoms with Gasteiger partial charge in [0.15, 0.2) is 5.75 Å². The summed E-state index contributed by atoms with van der Waals surface area (Å²) in [6.45, 7) is 5.15. The molecule has 0 unspecified atom stereocenters. The lowest BCUT2D eigenvalue weighted by Gasteiger charge is -2.34. The lowest BCUT2D eigenvalue weighted by atomic mass is 10.1. The Balaban J connectivity index is 1.35. The van der Waals surface area contributed by atoms with Gasteiger partial charge in [-0.2, -0.15) is 0 Å². The van der Waals surface area contributed by atoms with Crippen molar-refractivity contribution < 1.29 is 18.8 Å². The third-order valence-corrected chi connectivity index (χ3v) is 5.83. The minimum Gasteiger partial charge on any atom is -0.482 e. The van der Waals surface area contributed by atoms with Crippen LogP contribution in [0.15, 0.2) is 66.7 Å². The molecule has 1 aliphatic rings. The van der Waals surface area contributed by atoms with Crippen LogP contribution in [0.4, 0.5) is 10.1 Å². The van der Waals surface area contributed by atoms with Crippen molar-refractivity contribution in [3.05, 3.63) is 105 Å². The van der Waals surface area contributed by atoms with E-state index in [1.54, 1.807) is 43.3 Å². The molecule has 0 radical (unpaired) electrons. The molecule has 0 bridgehead atoms. The predicted molar refractivity (Wildman–Crippen MR) is 126 cm³/mol. The molecule has 0 saturated carbocycles. The van der Waals surface area contributed by atoms with E-state index in [0.717, 1.165) is 16.7 Å². The van der Waals surface area contributed by atoms with Gasteiger partial charge in [0.2, 0.25) is 0 Å². The van der Waals surface area contributed by atoms with Crippen LogP contribution in [0.25, 0.3) is 0 Å². The molecule has 176 valence electrons. The number of hydrogen-bond donors (Lipinski definition) is 0. The number of piperazine rings is 1. The SMILES string of the molecule is Cc1ccc(OCc2cccc(C(=O)N3CCN(Cc4cccc(F)c4)CC3)c2)c([N+](=O)[O-])c1. The first-order valence-electron chi connectivity index (χ1n) is 11.1. The monoisotopic (exact) mass is 463 g/mol. The number of aryl methyl sites for hydroxylation is 1. The molecule has 0 aromatic heterocycles. The van der Waals surface area contributed by atoms with Crippen LogP contribution in [0.3, 0.4) is 0 Å². The number of benzene rings is 3. The molecule has 7 nitrogen and oxygen atoms in total. The molecule has 3 aromatic rings. The second-order valence-electron chi connectivity index (χ2n) is 8.42. The van der Waals surface area contributed by atoms with Crippen molar-refractivity contribution in [1.82, 2.24) is 9.80 Å². The van der Waals surface area contributed by atoms with Gasteiger partial charge in [-0.3, -0.25) is 19.8 Å². The molecular formula is C26H26FN3O4. The van der Waals surface area contributed by atoms with Crippen LogP contribution in [-0.4, -0.2) is 46.8 Å². The number of amides is 1. The molecule has 1 aliphatic heterocycles. The zero-order chi connectivity index (χ0) is 24.1. The van der Waals surface area contributed by atoms with Gasteiger partial charge in [0.05, 0.1) is 4.92 Å². The van der Waals surface area contributed by atoms with Crippen molar-refractivity contribution in [3.8, 4) is 5.75 Å². The lowest BCUT2D eigenvalue weighted by Crippen LogP contribution is -2.48. The van der Waals surface area contributed by atoms with E-state index in [-0.39, 0.29) is 29.8 Å². The smallest absolute Gasteiger partial charge is 0.311 e. The Kier molecular flexibility index (Phi) is 7.18. The second-order valence-corrected chi connectivity index (χ2v) is 8.42. The average molecular weight is 464 g/mol. The van der Waals surface area contributed by atoms with Crippen molar-refractivity contribution in [3.63, 3.8) is 0 Å². The van der Waals surface area contributed by atoms with Gasteiger partial charge in [0.1, 0.15) is 12.4 Å². The number of carbonyl (C=O) groups is 1. The van der Waals surface area contributed by atoms with Crippen LogP contribution in [0.2, 0.25) is 0 Å². The average Bonchev–Trinajstić information content (AvgIpc) is 2.83. The summed E-state index contributed by atoms with van der Waals surface area (Å²) in [5.74, 6) is -0.109. The first kappa shape index (κ1) is 23.4. The van der Waals surface area contributed by atoms with Crippen LogP contribution >= 0.6 is 0 Å². The number of nitro groups is 1. The fourth-order valence-corrected chi connectivity index (χ4v) is 4.03. The summed E-state index contributed by atoms with van der Waals surface area (Å²) >= 11 is 0. The number of rotatable bonds is 7. The minimum absolute atomic E-state index is 0.0615. The fourth-order valence-electron chi connectivity index (χ4n) is 4.03. The molecule has 0 spiro atoms. The van der Waals surface area contributed by atoms with Crippen molar-refractivity contribution in [2.24, 2.45) is 0 Å². The van der Waals surface area contributed by atoms with Crippen molar-refractivity contribution in [2.45, 2.75) is 20.1 Å². The van der Waals surface area contributed by atoms with Gasteiger partial charge >= 0.3 is 5.69 Å². The third kappa shape index (κ3) is 5.77. The molecule has 8 heteroatoms. The minimum atomic E-state index is -0.462. The van der Waals surface area contributed by atoms with Crippen molar-refractivity contribution >= 4 is 11.6 Å². The summed E-state index contributed by atoms with van der Waals surface area (Å²) < 4.78 is 19.1. The Morgan fingerprint density at radius 1 is 1.00 bits per heavy atom. The zero-order valence-electron chi connectivity index (χ0n) is 18.9. The molecule has 0 N–H and O–H groups in total. The third-order valence-electron chi connectivity index (χ3n) is 5.83. The Bertz CT molecular complexity index is 1190. The van der Waals surface area contributed by atoms with Gasteiger partial charge in [-0.25, -0.2) is 4.39 Å². The number of carbonyl (C=O) groups excluding carboxylic acids is 1. The van der Waals surface area contributed by atoms with Gasteiger partial charge in [-0.05, 0) is 53.9 Å². The van der Waals surface area contributed by atoms with Gasteiger partial charge in [0.25, 0.3) is 5.91 Å². The quantitative estimate of drug-likeness (QED) is 0.379. The first-order chi connectivity index (χ1) is 16.4. The zero-order valence-corrected chi connectivity index (χ0v) is 18.9. The highest BCUT2D eigenvalue weighted by Crippen LogP contribution is 2.28. The number of halogens is 1. The van der Waals surface area contributed by atoms with Crippen LogP contribution in [0, 0.1) is 22.9 Å². The highest BCUT2D eigenvalue weighted by molar-refractivity contribution is 5.94. The summed E-state index contributed by atoms with van der Waals surface area (Å²) in [7, 11) is 0. The summed E-state index contributed by atoms with van der Waals surface area (Å²) in [6.07, 6.45) is 0. The highest BCUT2D eigenvalue weighted by Gasteiger charge is 2.22. The summed E-state index contributed by atoms with van der Waals surface area (Å²) in [6, 6.07) is 18.5. The second kappa shape index (κ2) is 10.4. The maximum atomic E-state index is 13.4. The van der Waals surface area contributed by atoms with E-state index < -0.39 is 4.92 Å². The van der Waals surface area contributed by atoms with Gasteiger partial charge < -0.3 is 9.64 Å². The summed E-state index contributed by atoms with van der Waals surface area (Å²) in [5.41, 5.74) is 2.93. The summed E-state index contributed by atoms with van der Waals surface area (Å²) in [4.78, 5) is 27.9. The lowest BCUT2D eigenvalue weighted by molar-refractivity contribution is -0.386. The highest BCUT2D eigenvalue weighted by atomic mass is 19.1. The van der Waals surface area contributed by atoms with E-state index in [1.807, 2.05) is 17.0 Å². The Morgan fingerprint density at radius 3 is 2.47 bits per heavy atom.